The second kappa shape index (κ2) is 56.3. The van der Waals surface area contributed by atoms with Crippen molar-refractivity contribution in [3.05, 3.63) is 0 Å². The monoisotopic (exact) mass is 1860 g/mol. The predicted molar refractivity (Wildman–Crippen MR) is 427 cm³/mol. The van der Waals surface area contributed by atoms with Gasteiger partial charge in [-0.2, -0.15) is 0 Å². The fourth-order valence-electron chi connectivity index (χ4n) is 12.9. The molecule has 55 nitrogen and oxygen atoms in total. The Morgan fingerprint density at radius 1 is 0.341 bits per heavy atom. The summed E-state index contributed by atoms with van der Waals surface area (Å²) in [5.74, 6) is -22.1. The first-order valence-electron chi connectivity index (χ1n) is 40.6. The minimum Gasteiger partial charge on any atom is -0.480 e. The summed E-state index contributed by atoms with van der Waals surface area (Å²) in [5, 5.41) is 204. The second-order valence-electron chi connectivity index (χ2n) is 30.6. The minimum atomic E-state index is -2.08. The maximum atomic E-state index is 13.9. The van der Waals surface area contributed by atoms with E-state index in [0.717, 1.165) is 69.2 Å². The highest BCUT2D eigenvalue weighted by Crippen LogP contribution is 2.30. The van der Waals surface area contributed by atoms with E-state index in [1.807, 2.05) is 0 Å². The third-order valence-electron chi connectivity index (χ3n) is 20.1. The maximum Gasteiger partial charge on any atom is 0.326 e. The molecular formula is C74H124N14O41. The van der Waals surface area contributed by atoms with Gasteiger partial charge in [0.15, 0.2) is 12.6 Å². The zero-order chi connectivity index (χ0) is 98.5. The quantitative estimate of drug-likeness (QED) is 0.0269. The van der Waals surface area contributed by atoms with Gasteiger partial charge < -0.3 is 190 Å². The molecule has 2 rings (SSSR count). The highest BCUT2D eigenvalue weighted by molar-refractivity contribution is 5.95. The summed E-state index contributed by atoms with van der Waals surface area (Å²) in [7, 11) is 0. The van der Waals surface area contributed by atoms with E-state index in [1.54, 1.807) is 0 Å². The molecule has 0 saturated carbocycles. The number of nitrogens with two attached hydrogens (primary N) is 1. The van der Waals surface area contributed by atoms with E-state index in [0.29, 0.717) is 0 Å². The topological polar surface area (TPSA) is 889 Å². The van der Waals surface area contributed by atoms with Gasteiger partial charge in [0.05, 0.1) is 51.7 Å². The van der Waals surface area contributed by atoms with E-state index in [9.17, 15) is 173 Å². The predicted octanol–water partition coefficient (Wildman–Crippen LogP) is -15.0. The SMILES string of the molecule is CC(=O)NC(CO)C(OC(C)C(=O)NC(C)C(=O)NC(CCC(=O)NC(CCCC(NC(=O)C(C)NC(=O)C(CCCC(N)C(=O)O)NC(=O)CCC(NC(=O)C(C)NC(=O)C(C)OC(C(CO)NC(C)=O)C(OC1OC(CO)C(O)C(O)C1NC(C)=O)C(O)CO)C(=O)O)C(=O)O)C(=O)NC(C)C(=O)O)C(=O)O)C(OC1OC(CO)C(O)C(O)C1NC(C)=O)C(O)CO. The van der Waals surface area contributed by atoms with Crippen LogP contribution in [0.5, 0.6) is 0 Å². The fourth-order valence-corrected chi connectivity index (χ4v) is 12.9. The second-order valence-corrected chi connectivity index (χ2v) is 30.6. The van der Waals surface area contributed by atoms with Crippen LogP contribution in [0.15, 0.2) is 0 Å². The van der Waals surface area contributed by atoms with Crippen molar-refractivity contribution in [3.8, 4) is 0 Å². The van der Waals surface area contributed by atoms with Crippen LogP contribution in [0, 0.1) is 0 Å². The van der Waals surface area contributed by atoms with Crippen LogP contribution in [0.3, 0.4) is 0 Å². The number of carboxylic acids is 5. The van der Waals surface area contributed by atoms with E-state index < -0.39 is 380 Å². The Hall–Kier alpha value is -10.3. The molecule has 2 saturated heterocycles. The maximum absolute atomic E-state index is 13.9. The lowest BCUT2D eigenvalue weighted by Crippen LogP contribution is -2.67. The molecule has 736 valence electrons. The number of rotatable bonds is 59. The third-order valence-corrected chi connectivity index (χ3v) is 20.1. The van der Waals surface area contributed by atoms with Crippen molar-refractivity contribution in [1.82, 2.24) is 69.1 Å². The highest BCUT2D eigenvalue weighted by Gasteiger charge is 2.52. The molecule has 2 fully saturated rings. The van der Waals surface area contributed by atoms with Crippen molar-refractivity contribution in [2.75, 3.05) is 39.6 Å². The van der Waals surface area contributed by atoms with Gasteiger partial charge >= 0.3 is 29.8 Å². The average molecular weight is 1870 g/mol. The molecular weight excluding hydrogens is 1740 g/mol. The van der Waals surface area contributed by atoms with Crippen molar-refractivity contribution in [1.29, 1.82) is 0 Å². The summed E-state index contributed by atoms with van der Waals surface area (Å²) >= 11 is 0. The highest BCUT2D eigenvalue weighted by atomic mass is 16.7. The molecule has 0 aromatic rings. The van der Waals surface area contributed by atoms with E-state index in [1.165, 1.54) is 0 Å². The van der Waals surface area contributed by atoms with Crippen molar-refractivity contribution < 1.29 is 202 Å². The summed E-state index contributed by atoms with van der Waals surface area (Å²) in [5.41, 5.74) is 5.65. The van der Waals surface area contributed by atoms with E-state index >= 15 is 0 Å². The lowest BCUT2D eigenvalue weighted by Gasteiger charge is -2.45. The Bertz CT molecular complexity index is 3760. The van der Waals surface area contributed by atoms with Gasteiger partial charge in [-0.15, -0.1) is 0 Å². The normalized spacial score (nSPS) is 23.2. The average Bonchev–Trinajstić information content (AvgIpc) is 0.793. The van der Waals surface area contributed by atoms with Gasteiger partial charge in [0.2, 0.25) is 76.8 Å². The van der Waals surface area contributed by atoms with Crippen LogP contribution < -0.4 is 74.9 Å². The first kappa shape index (κ1) is 115. The van der Waals surface area contributed by atoms with Crippen LogP contribution in [0.25, 0.3) is 0 Å². The summed E-state index contributed by atoms with van der Waals surface area (Å²) in [6.07, 6.45) is -35.8. The van der Waals surface area contributed by atoms with E-state index in [2.05, 4.69) is 69.1 Å². The molecule has 129 heavy (non-hydrogen) atoms. The Morgan fingerprint density at radius 2 is 0.651 bits per heavy atom. The van der Waals surface area contributed by atoms with Crippen molar-refractivity contribution in [2.45, 2.75) is 316 Å². The smallest absolute Gasteiger partial charge is 0.326 e. The van der Waals surface area contributed by atoms with Gasteiger partial charge in [-0.25, -0.2) is 14.4 Å². The van der Waals surface area contributed by atoms with E-state index in [4.69, 9.17) is 34.2 Å². The number of nitrogens with one attached hydrogen (secondary N) is 13. The number of aliphatic hydroxyl groups is 12. The molecule has 2 aliphatic rings. The number of aliphatic carboxylic acids is 5. The van der Waals surface area contributed by atoms with Crippen LogP contribution >= 0.6 is 0 Å². The van der Waals surface area contributed by atoms with Crippen LogP contribution in [-0.4, -0.2) is 416 Å². The molecule has 0 bridgehead atoms. The van der Waals surface area contributed by atoms with Gasteiger partial charge in [0.1, 0.15) is 158 Å². The number of hydrogen-bond donors (Lipinski definition) is 31. The fraction of sp³-hybridized carbons (Fsp3) is 0.757. The number of carbonyl (C=O) groups excluding carboxylic acids is 13. The first-order valence-corrected chi connectivity index (χ1v) is 40.6. The van der Waals surface area contributed by atoms with Gasteiger partial charge in [0.25, 0.3) is 0 Å². The number of amides is 13. The van der Waals surface area contributed by atoms with Crippen molar-refractivity contribution in [2.24, 2.45) is 5.73 Å². The lowest BCUT2D eigenvalue weighted by molar-refractivity contribution is -0.303. The molecule has 32 N–H and O–H groups in total. The Morgan fingerprint density at radius 3 is 0.938 bits per heavy atom. The largest absolute Gasteiger partial charge is 0.480 e. The zero-order valence-electron chi connectivity index (χ0n) is 72.1. The summed E-state index contributed by atoms with van der Waals surface area (Å²) < 4.78 is 34.8. The molecule has 0 radical (unpaired) electrons. The van der Waals surface area contributed by atoms with Crippen LogP contribution in [0.2, 0.25) is 0 Å². The first-order chi connectivity index (χ1) is 60.2. The Labute approximate surface area is 736 Å². The summed E-state index contributed by atoms with van der Waals surface area (Å²) in [4.78, 5) is 233. The number of carbonyl (C=O) groups is 18. The zero-order valence-corrected chi connectivity index (χ0v) is 72.1. The molecule has 13 amide bonds. The van der Waals surface area contributed by atoms with Crippen molar-refractivity contribution >= 4 is 107 Å². The van der Waals surface area contributed by atoms with E-state index in [-0.39, 0.29) is 12.8 Å². The molecule has 30 unspecified atom stereocenters. The molecule has 0 aliphatic carbocycles. The molecule has 2 heterocycles. The van der Waals surface area contributed by atoms with Crippen LogP contribution in [-0.2, 0) is 115 Å². The molecule has 55 heteroatoms. The Kier molecular flexibility index (Phi) is 50.1. The minimum absolute atomic E-state index is 0.216. The van der Waals surface area contributed by atoms with Gasteiger partial charge in [-0.3, -0.25) is 71.9 Å². The number of carboxylic acid groups (broad SMARTS) is 5. The third kappa shape index (κ3) is 38.0. The molecule has 0 aromatic carbocycles. The van der Waals surface area contributed by atoms with Crippen LogP contribution in [0.1, 0.15) is 133 Å². The number of hydrogen-bond acceptors (Lipinski definition) is 37. The summed E-state index contributed by atoms with van der Waals surface area (Å²) in [6, 6.07) is -24.0. The van der Waals surface area contributed by atoms with Gasteiger partial charge in [0, 0.05) is 40.5 Å². The number of aliphatic hydroxyl groups excluding tert-OH is 12. The summed E-state index contributed by atoms with van der Waals surface area (Å²) in [6.45, 7) is 4.00. The molecule has 30 atom stereocenters. The lowest BCUT2D eigenvalue weighted by atomic mass is 9.96. The number of ether oxygens (including phenoxy) is 6. The molecule has 0 aromatic heterocycles. The van der Waals surface area contributed by atoms with Gasteiger partial charge in [-0.1, -0.05) is 0 Å². The standard InChI is InChI=1S/C74H124N14O41/c1-27(76-64(110)31(5)124-57(43(21-89)80-33(7)95)59(45(99)23-91)128-73-51(82-35(9)97)55(105)53(103)47(25-93)126-73)61(107)87-41(71(120)121)17-19-49(101)84-38(14-11-13-37(75)69(116)117)66(112)78-29(3)63(109)86-40(70(118)119)16-12-15-39(67(113)79-30(4)68(114)115)85-50(102)20-18-42(72(122)123)88-62(108)28(2)77-65(111)32(6)125-58(44(22-90)81-34(8)96)60(46(100)24-92)129-74-52(83-36(10)98)56(106)54(104)48(26-94)127-74/h27-32,37-48,51-60,73-74,89-94,99-100,103-106H,11-26,75H2,1-10H3,(H,76,110)(H,77,111)(H,78,112)(H,79,113)(H,80,95)(H,81,96)(H,82,97)(H,83,98)(H,84,101)(H,85,102)(H,86,109)(H,87,107)(H,88,108)(H,114,115)(H,116,117)(H,118,119)(H,120,121)(H,122,123). The van der Waals surface area contributed by atoms with Gasteiger partial charge in [-0.05, 0) is 92.9 Å². The molecule has 0 spiro atoms. The molecule has 2 aliphatic heterocycles. The van der Waals surface area contributed by atoms with Crippen molar-refractivity contribution in [3.63, 3.8) is 0 Å². The van der Waals surface area contributed by atoms with Crippen LogP contribution in [0.4, 0.5) is 0 Å². The Balaban J connectivity index is 2.28.